The average molecular weight is 480 g/mol. The van der Waals surface area contributed by atoms with Gasteiger partial charge < -0.3 is 29.7 Å². The van der Waals surface area contributed by atoms with Crippen LogP contribution in [0.5, 0.6) is 11.5 Å². The van der Waals surface area contributed by atoms with Gasteiger partial charge in [0.15, 0.2) is 6.29 Å². The molecule has 7 nitrogen and oxygen atoms in total. The number of aliphatic carboxylic acids is 1. The van der Waals surface area contributed by atoms with Crippen molar-refractivity contribution in [3.8, 4) is 11.5 Å². The number of benzene rings is 2. The Morgan fingerprint density at radius 2 is 1.89 bits per heavy atom. The Morgan fingerprint density at radius 1 is 1.09 bits per heavy atom. The summed E-state index contributed by atoms with van der Waals surface area (Å²) in [4.78, 5) is 13.2. The lowest BCUT2D eigenvalue weighted by atomic mass is 9.88. The normalized spacial score (nSPS) is 23.9. The molecule has 0 aliphatic carbocycles. The number of nitrogens with zero attached hydrogens (tertiary/aromatic N) is 1. The Bertz CT molecular complexity index is 1110. The number of carboxylic acids is 1. The number of aromatic hydroxyl groups is 2. The van der Waals surface area contributed by atoms with Crippen molar-refractivity contribution in [1.82, 2.24) is 0 Å². The summed E-state index contributed by atoms with van der Waals surface area (Å²) in [6, 6.07) is 9.21. The van der Waals surface area contributed by atoms with E-state index in [1.807, 2.05) is 30.4 Å². The first-order valence-corrected chi connectivity index (χ1v) is 12.6. The summed E-state index contributed by atoms with van der Waals surface area (Å²) in [5.74, 6) is -0.447. The smallest absolute Gasteiger partial charge is 0.303 e. The van der Waals surface area contributed by atoms with E-state index in [0.717, 1.165) is 44.3 Å². The van der Waals surface area contributed by atoms with E-state index in [1.54, 1.807) is 12.1 Å². The number of anilines is 1. The second-order valence-corrected chi connectivity index (χ2v) is 9.68. The van der Waals surface area contributed by atoms with Crippen LogP contribution in [0.15, 0.2) is 42.5 Å². The molecule has 0 amide bonds. The highest BCUT2D eigenvalue weighted by molar-refractivity contribution is 5.69. The molecule has 0 spiro atoms. The van der Waals surface area contributed by atoms with E-state index in [1.165, 1.54) is 11.3 Å². The number of rotatable bonds is 7. The SMILES string of the molecule is O=C(O)CCC=CC[C@@H]1CO[C@@H](c2cc3c4c(c2O)CCCN4CCC3)O[C@@H]1c1ccccc1O. The molecule has 0 radical (unpaired) electrons. The maximum Gasteiger partial charge on any atom is 0.303 e. The Kier molecular flexibility index (Phi) is 6.97. The highest BCUT2D eigenvalue weighted by Gasteiger charge is 2.37. The number of allylic oxidation sites excluding steroid dienone is 2. The van der Waals surface area contributed by atoms with Crippen LogP contribution in [0.25, 0.3) is 0 Å². The van der Waals surface area contributed by atoms with Crippen LogP contribution in [0.1, 0.15) is 66.8 Å². The summed E-state index contributed by atoms with van der Waals surface area (Å²) in [6.45, 7) is 2.46. The van der Waals surface area contributed by atoms with E-state index < -0.39 is 18.4 Å². The van der Waals surface area contributed by atoms with Gasteiger partial charge in [-0.25, -0.2) is 0 Å². The number of aryl methyl sites for hydroxylation is 1. The summed E-state index contributed by atoms with van der Waals surface area (Å²) in [5, 5.41) is 30.7. The second-order valence-electron chi connectivity index (χ2n) is 9.68. The van der Waals surface area contributed by atoms with E-state index in [4.69, 9.17) is 14.6 Å². The number of phenols is 2. The second kappa shape index (κ2) is 10.3. The molecule has 0 unspecified atom stereocenters. The lowest BCUT2D eigenvalue weighted by Gasteiger charge is -2.40. The minimum absolute atomic E-state index is 0.0609. The fourth-order valence-electron chi connectivity index (χ4n) is 5.64. The Hall–Kier alpha value is -3.03. The van der Waals surface area contributed by atoms with Crippen LogP contribution in [0, 0.1) is 5.92 Å². The molecular formula is C28H33NO6. The molecule has 3 N–H and O–H groups in total. The molecule has 5 rings (SSSR count). The molecule has 35 heavy (non-hydrogen) atoms. The topological polar surface area (TPSA) is 99.5 Å². The number of hydrogen-bond acceptors (Lipinski definition) is 6. The molecule has 0 saturated carbocycles. The average Bonchev–Trinajstić information content (AvgIpc) is 2.86. The molecule has 3 atom stereocenters. The number of carbonyl (C=O) groups is 1. The number of hydrogen-bond donors (Lipinski definition) is 3. The van der Waals surface area contributed by atoms with Gasteiger partial charge in [0, 0.05) is 42.2 Å². The summed E-state index contributed by atoms with van der Waals surface area (Å²) in [5.41, 5.74) is 4.79. The van der Waals surface area contributed by atoms with Crippen molar-refractivity contribution in [1.29, 1.82) is 0 Å². The van der Waals surface area contributed by atoms with E-state index in [2.05, 4.69) is 4.90 Å². The van der Waals surface area contributed by atoms with E-state index in [-0.39, 0.29) is 23.8 Å². The summed E-state index contributed by atoms with van der Waals surface area (Å²) in [7, 11) is 0. The molecule has 186 valence electrons. The standard InChI is InChI=1S/C28H33NO6/c30-23-12-5-4-10-20(23)27-19(8-2-1-3-13-24(31)32)17-34-28(35-27)22-16-18-9-6-14-29-15-7-11-21(25(18)29)26(22)33/h1-2,4-5,10,12,16,19,27-28,30,33H,3,6-9,11,13-15,17H2,(H,31,32)/t19-,27+,28-/m1/s1. The third kappa shape index (κ3) is 4.88. The van der Waals surface area contributed by atoms with Crippen LogP contribution in [0.4, 0.5) is 5.69 Å². The maximum absolute atomic E-state index is 11.3. The Morgan fingerprint density at radius 3 is 2.69 bits per heavy atom. The van der Waals surface area contributed by atoms with Crippen molar-refractivity contribution in [2.24, 2.45) is 5.92 Å². The van der Waals surface area contributed by atoms with Gasteiger partial charge in [-0.2, -0.15) is 0 Å². The largest absolute Gasteiger partial charge is 0.508 e. The van der Waals surface area contributed by atoms with Gasteiger partial charge in [0.25, 0.3) is 0 Å². The zero-order valence-corrected chi connectivity index (χ0v) is 19.9. The van der Waals surface area contributed by atoms with Crippen LogP contribution in [0.3, 0.4) is 0 Å². The Balaban J connectivity index is 1.42. The summed E-state index contributed by atoms with van der Waals surface area (Å²) >= 11 is 0. The quantitative estimate of drug-likeness (QED) is 0.480. The molecule has 2 aromatic carbocycles. The van der Waals surface area contributed by atoms with Crippen molar-refractivity contribution in [3.05, 3.63) is 64.7 Å². The van der Waals surface area contributed by atoms with Crippen molar-refractivity contribution < 1.29 is 29.6 Å². The fourth-order valence-corrected chi connectivity index (χ4v) is 5.64. The van der Waals surface area contributed by atoms with Gasteiger partial charge in [0.05, 0.1) is 18.3 Å². The highest BCUT2D eigenvalue weighted by atomic mass is 16.7. The third-order valence-corrected chi connectivity index (χ3v) is 7.31. The lowest BCUT2D eigenvalue weighted by molar-refractivity contribution is -0.244. The van der Waals surface area contributed by atoms with Gasteiger partial charge >= 0.3 is 5.97 Å². The molecule has 3 aliphatic rings. The number of carboxylic acid groups (broad SMARTS) is 1. The summed E-state index contributed by atoms with van der Waals surface area (Å²) in [6.07, 6.45) is 7.80. The van der Waals surface area contributed by atoms with Gasteiger partial charge in [-0.15, -0.1) is 0 Å². The van der Waals surface area contributed by atoms with E-state index in [0.29, 0.717) is 30.6 Å². The predicted octanol–water partition coefficient (Wildman–Crippen LogP) is 5.01. The number of para-hydroxylation sites is 1. The molecular weight excluding hydrogens is 446 g/mol. The van der Waals surface area contributed by atoms with Crippen molar-refractivity contribution in [3.63, 3.8) is 0 Å². The molecule has 2 aromatic rings. The zero-order valence-electron chi connectivity index (χ0n) is 19.9. The van der Waals surface area contributed by atoms with Gasteiger partial charge in [-0.05, 0) is 56.2 Å². The van der Waals surface area contributed by atoms with Crippen LogP contribution < -0.4 is 4.90 Å². The summed E-state index contributed by atoms with van der Waals surface area (Å²) < 4.78 is 12.7. The van der Waals surface area contributed by atoms with Gasteiger partial charge in [-0.1, -0.05) is 30.4 Å². The van der Waals surface area contributed by atoms with Gasteiger partial charge in [0.2, 0.25) is 0 Å². The van der Waals surface area contributed by atoms with Crippen molar-refractivity contribution >= 4 is 11.7 Å². The number of phenolic OH excluding ortho intramolecular Hbond substituents is 2. The zero-order chi connectivity index (χ0) is 24.4. The van der Waals surface area contributed by atoms with Crippen LogP contribution >= 0.6 is 0 Å². The molecule has 1 saturated heterocycles. The highest BCUT2D eigenvalue weighted by Crippen LogP contribution is 2.48. The first-order valence-electron chi connectivity index (χ1n) is 12.6. The molecule has 0 aromatic heterocycles. The fraction of sp³-hybridized carbons (Fsp3) is 0.464. The molecule has 3 heterocycles. The van der Waals surface area contributed by atoms with Crippen molar-refractivity contribution in [2.45, 2.75) is 57.3 Å². The van der Waals surface area contributed by atoms with Crippen molar-refractivity contribution in [2.75, 3.05) is 24.6 Å². The van der Waals surface area contributed by atoms with Gasteiger partial charge in [0.1, 0.15) is 11.5 Å². The molecule has 1 fully saturated rings. The van der Waals surface area contributed by atoms with Crippen LogP contribution in [-0.2, 0) is 27.1 Å². The monoisotopic (exact) mass is 479 g/mol. The molecule has 0 bridgehead atoms. The number of ether oxygens (including phenoxy) is 2. The van der Waals surface area contributed by atoms with Crippen LogP contribution in [0.2, 0.25) is 0 Å². The van der Waals surface area contributed by atoms with E-state index in [9.17, 15) is 15.0 Å². The molecule has 3 aliphatic heterocycles. The maximum atomic E-state index is 11.3. The van der Waals surface area contributed by atoms with E-state index >= 15 is 0 Å². The first kappa shape index (κ1) is 23.7. The third-order valence-electron chi connectivity index (χ3n) is 7.31. The minimum Gasteiger partial charge on any atom is -0.508 e. The molecule has 7 heteroatoms. The minimum atomic E-state index is -0.819. The Labute approximate surface area is 205 Å². The lowest BCUT2D eigenvalue weighted by Crippen LogP contribution is -2.35. The predicted molar refractivity (Wildman–Crippen MR) is 132 cm³/mol. The first-order chi connectivity index (χ1) is 17.0. The van der Waals surface area contributed by atoms with Gasteiger partial charge in [-0.3, -0.25) is 4.79 Å². The van der Waals surface area contributed by atoms with Crippen LogP contribution in [-0.4, -0.2) is 41.0 Å².